The van der Waals surface area contributed by atoms with E-state index in [-0.39, 0.29) is 23.6 Å². The van der Waals surface area contributed by atoms with Gasteiger partial charge in [0.1, 0.15) is 11.5 Å². The number of non-ortho nitro benzene ring substituents is 1. The van der Waals surface area contributed by atoms with Crippen molar-refractivity contribution in [3.05, 3.63) is 105 Å². The number of likely N-dealkylation sites (tertiary alicyclic amines) is 1. The van der Waals surface area contributed by atoms with Gasteiger partial charge in [-0.05, 0) is 54.3 Å². The number of aliphatic hydroxyl groups excluding tert-OH is 1. The Bertz CT molecular complexity index is 1370. The molecule has 37 heavy (non-hydrogen) atoms. The molecule has 0 aliphatic carbocycles. The van der Waals surface area contributed by atoms with Crippen LogP contribution in [-0.2, 0) is 16.1 Å². The van der Waals surface area contributed by atoms with Crippen LogP contribution in [0.1, 0.15) is 48.1 Å². The fourth-order valence-electron chi connectivity index (χ4n) is 4.33. The summed E-state index contributed by atoms with van der Waals surface area (Å²) in [5.41, 5.74) is 1.80. The third kappa shape index (κ3) is 5.35. The van der Waals surface area contributed by atoms with Gasteiger partial charge in [0.05, 0.1) is 23.1 Å². The van der Waals surface area contributed by atoms with Crippen molar-refractivity contribution < 1.29 is 24.4 Å². The summed E-state index contributed by atoms with van der Waals surface area (Å²) in [5, 5.41) is 22.8. The first-order valence-electron chi connectivity index (χ1n) is 12.0. The molecule has 0 unspecified atom stereocenters. The first-order chi connectivity index (χ1) is 17.8. The summed E-state index contributed by atoms with van der Waals surface area (Å²) in [5.74, 6) is -1.36. The number of carbonyl (C=O) groups excluding carboxylic acids is 2. The standard InChI is InChI=1S/C28H27N3O6/c1-3-4-13-37-23-11-10-21(14-18(23)2)26(32)24-25(20-8-5-9-22(15-20)31(35)36)30(28(34)27(24)33)17-19-7-6-12-29-16-19/h5-12,14-16,25,32H,3-4,13,17H2,1-2H3/t25-/m1/s1. The zero-order chi connectivity index (χ0) is 26.5. The third-order valence-corrected chi connectivity index (χ3v) is 6.22. The quantitative estimate of drug-likeness (QED) is 0.108. The van der Waals surface area contributed by atoms with Crippen molar-refractivity contribution in [2.24, 2.45) is 0 Å². The number of unbranched alkanes of at least 4 members (excludes halogenated alkanes) is 1. The van der Waals surface area contributed by atoms with Gasteiger partial charge >= 0.3 is 0 Å². The molecule has 1 saturated heterocycles. The Hall–Kier alpha value is -4.53. The average molecular weight is 502 g/mol. The van der Waals surface area contributed by atoms with Crippen LogP contribution >= 0.6 is 0 Å². The number of ether oxygens (including phenoxy) is 1. The Morgan fingerprint density at radius 3 is 2.65 bits per heavy atom. The molecule has 1 aliphatic heterocycles. The summed E-state index contributed by atoms with van der Waals surface area (Å²) in [6.45, 7) is 4.50. The number of amides is 1. The molecule has 1 fully saturated rings. The number of ketones is 1. The predicted octanol–water partition coefficient (Wildman–Crippen LogP) is 5.10. The summed E-state index contributed by atoms with van der Waals surface area (Å²) < 4.78 is 5.79. The monoisotopic (exact) mass is 501 g/mol. The summed E-state index contributed by atoms with van der Waals surface area (Å²) >= 11 is 0. The van der Waals surface area contributed by atoms with Crippen LogP contribution in [-0.4, -0.2) is 38.2 Å². The van der Waals surface area contributed by atoms with Crippen molar-refractivity contribution in [2.75, 3.05) is 6.61 Å². The van der Waals surface area contributed by atoms with Gasteiger partial charge in [-0.25, -0.2) is 0 Å². The number of benzene rings is 2. The first kappa shape index (κ1) is 25.6. The summed E-state index contributed by atoms with van der Waals surface area (Å²) in [6.07, 6.45) is 5.07. The number of nitrogens with zero attached hydrogens (tertiary/aromatic N) is 3. The second-order valence-electron chi connectivity index (χ2n) is 8.82. The van der Waals surface area contributed by atoms with Gasteiger partial charge in [-0.15, -0.1) is 0 Å². The molecule has 2 aromatic carbocycles. The van der Waals surface area contributed by atoms with E-state index in [1.54, 1.807) is 48.8 Å². The van der Waals surface area contributed by atoms with Crippen molar-refractivity contribution in [3.8, 4) is 5.75 Å². The van der Waals surface area contributed by atoms with E-state index in [1.165, 1.54) is 23.1 Å². The van der Waals surface area contributed by atoms with Gasteiger partial charge in [-0.2, -0.15) is 0 Å². The first-order valence-corrected chi connectivity index (χ1v) is 12.0. The smallest absolute Gasteiger partial charge is 0.295 e. The molecule has 1 atom stereocenters. The lowest BCUT2D eigenvalue weighted by molar-refractivity contribution is -0.384. The molecule has 0 bridgehead atoms. The Balaban J connectivity index is 1.81. The Morgan fingerprint density at radius 2 is 1.97 bits per heavy atom. The lowest BCUT2D eigenvalue weighted by Crippen LogP contribution is -2.29. The number of nitro benzene ring substituents is 1. The summed E-state index contributed by atoms with van der Waals surface area (Å²) in [4.78, 5) is 42.7. The van der Waals surface area contributed by atoms with Gasteiger partial charge in [0, 0.05) is 36.6 Å². The SMILES string of the molecule is CCCCOc1ccc(C(O)=C2C(=O)C(=O)N(Cc3cccnc3)[C@@H]2c2cccc([N+](=O)[O-])c2)cc1C. The van der Waals surface area contributed by atoms with E-state index in [0.717, 1.165) is 18.4 Å². The molecule has 2 heterocycles. The highest BCUT2D eigenvalue weighted by molar-refractivity contribution is 6.46. The molecule has 3 aromatic rings. The molecule has 0 spiro atoms. The number of aromatic nitrogens is 1. The highest BCUT2D eigenvalue weighted by Gasteiger charge is 2.46. The number of aliphatic hydroxyl groups is 1. The van der Waals surface area contributed by atoms with E-state index in [1.807, 2.05) is 6.92 Å². The fourth-order valence-corrected chi connectivity index (χ4v) is 4.33. The largest absolute Gasteiger partial charge is 0.507 e. The topological polar surface area (TPSA) is 123 Å². The van der Waals surface area contributed by atoms with Crippen molar-refractivity contribution >= 4 is 23.1 Å². The molecule has 190 valence electrons. The average Bonchev–Trinajstić information content (AvgIpc) is 3.15. The van der Waals surface area contributed by atoms with Crippen LogP contribution in [0.4, 0.5) is 5.69 Å². The van der Waals surface area contributed by atoms with Crippen LogP contribution < -0.4 is 4.74 Å². The van der Waals surface area contributed by atoms with Crippen molar-refractivity contribution in [3.63, 3.8) is 0 Å². The van der Waals surface area contributed by atoms with E-state index in [4.69, 9.17) is 4.74 Å². The van der Waals surface area contributed by atoms with Crippen LogP contribution in [0.25, 0.3) is 5.76 Å². The Morgan fingerprint density at radius 1 is 1.16 bits per heavy atom. The molecule has 1 aromatic heterocycles. The van der Waals surface area contributed by atoms with Crippen LogP contribution in [0.2, 0.25) is 0 Å². The number of carbonyl (C=O) groups is 2. The van der Waals surface area contributed by atoms with Crippen molar-refractivity contribution in [1.82, 2.24) is 9.88 Å². The number of rotatable bonds is 9. The molecule has 0 radical (unpaired) electrons. The maximum Gasteiger partial charge on any atom is 0.295 e. The van der Waals surface area contributed by atoms with Crippen LogP contribution in [0.5, 0.6) is 5.75 Å². The molecule has 1 aliphatic rings. The second-order valence-corrected chi connectivity index (χ2v) is 8.82. The maximum absolute atomic E-state index is 13.3. The van der Waals surface area contributed by atoms with Crippen molar-refractivity contribution in [1.29, 1.82) is 0 Å². The third-order valence-electron chi connectivity index (χ3n) is 6.22. The molecular formula is C28H27N3O6. The van der Waals surface area contributed by atoms with Gasteiger partial charge in [-0.1, -0.05) is 31.5 Å². The molecule has 0 saturated carbocycles. The van der Waals surface area contributed by atoms with Crippen LogP contribution in [0.15, 0.2) is 72.6 Å². The molecular weight excluding hydrogens is 474 g/mol. The fraction of sp³-hybridized carbons (Fsp3) is 0.250. The van der Waals surface area contributed by atoms with E-state index in [9.17, 15) is 24.8 Å². The van der Waals surface area contributed by atoms with Crippen molar-refractivity contribution in [2.45, 2.75) is 39.3 Å². The van der Waals surface area contributed by atoms with Gasteiger partial charge in [-0.3, -0.25) is 24.7 Å². The minimum atomic E-state index is -1.03. The van der Waals surface area contributed by atoms with Crippen LogP contribution in [0, 0.1) is 17.0 Å². The van der Waals surface area contributed by atoms with E-state index >= 15 is 0 Å². The number of pyridine rings is 1. The Kier molecular flexibility index (Phi) is 7.62. The van der Waals surface area contributed by atoms with Gasteiger partial charge in [0.15, 0.2) is 0 Å². The van der Waals surface area contributed by atoms with Gasteiger partial charge in [0.2, 0.25) is 0 Å². The van der Waals surface area contributed by atoms with Crippen LogP contribution in [0.3, 0.4) is 0 Å². The minimum absolute atomic E-state index is 0.0335. The number of hydrogen-bond acceptors (Lipinski definition) is 7. The molecule has 9 heteroatoms. The van der Waals surface area contributed by atoms with E-state index < -0.39 is 22.7 Å². The summed E-state index contributed by atoms with van der Waals surface area (Å²) in [7, 11) is 0. The lowest BCUT2D eigenvalue weighted by Gasteiger charge is -2.25. The number of aryl methyl sites for hydroxylation is 1. The highest BCUT2D eigenvalue weighted by atomic mass is 16.6. The normalized spacial score (nSPS) is 16.7. The zero-order valence-electron chi connectivity index (χ0n) is 20.6. The highest BCUT2D eigenvalue weighted by Crippen LogP contribution is 2.41. The maximum atomic E-state index is 13.3. The predicted molar refractivity (Wildman–Crippen MR) is 137 cm³/mol. The molecule has 1 N–H and O–H groups in total. The number of nitro groups is 1. The molecule has 1 amide bonds. The van der Waals surface area contributed by atoms with E-state index in [2.05, 4.69) is 11.9 Å². The molecule has 4 rings (SSSR count). The zero-order valence-corrected chi connectivity index (χ0v) is 20.6. The van der Waals surface area contributed by atoms with Gasteiger partial charge < -0.3 is 14.7 Å². The minimum Gasteiger partial charge on any atom is -0.507 e. The van der Waals surface area contributed by atoms with E-state index in [0.29, 0.717) is 29.0 Å². The lowest BCUT2D eigenvalue weighted by atomic mass is 9.94. The molecule has 9 nitrogen and oxygen atoms in total. The second kappa shape index (κ2) is 11.0. The summed E-state index contributed by atoms with van der Waals surface area (Å²) in [6, 6.07) is 13.2. The number of hydrogen-bond donors (Lipinski definition) is 1. The van der Waals surface area contributed by atoms with Gasteiger partial charge in [0.25, 0.3) is 17.4 Å². The number of Topliss-reactive ketones (excluding diaryl/α,β-unsaturated/α-hetero) is 1. The Labute approximate surface area is 214 Å².